The van der Waals surface area contributed by atoms with Crippen molar-refractivity contribution in [3.63, 3.8) is 0 Å². The monoisotopic (exact) mass is 367 g/mol. The van der Waals surface area contributed by atoms with Gasteiger partial charge in [-0.1, -0.05) is 18.2 Å². The van der Waals surface area contributed by atoms with Gasteiger partial charge in [-0.25, -0.2) is 14.8 Å². The summed E-state index contributed by atoms with van der Waals surface area (Å²) in [4.78, 5) is 34.9. The number of nitrogens with zero attached hydrogens (tertiary/aromatic N) is 3. The molecule has 0 saturated carbocycles. The Kier molecular flexibility index (Phi) is 6.01. The molecule has 7 heteroatoms. The molecule has 3 rings (SSSR count). The maximum absolute atomic E-state index is 12.4. The minimum Gasteiger partial charge on any atom is -0.349 e. The number of nitrogens with one attached hydrogen (secondary N) is 2. The molecule has 0 bridgehead atoms. The van der Waals surface area contributed by atoms with Gasteiger partial charge in [-0.15, -0.1) is 0 Å². The summed E-state index contributed by atoms with van der Waals surface area (Å²) in [6.45, 7) is 5.37. The molecule has 2 N–H and O–H groups in total. The van der Waals surface area contributed by atoms with Crippen LogP contribution in [-0.4, -0.2) is 45.9 Å². The lowest BCUT2D eigenvalue weighted by molar-refractivity contribution is 0.0917. The summed E-state index contributed by atoms with van der Waals surface area (Å²) in [5, 5.41) is 5.98. The fourth-order valence-electron chi connectivity index (χ4n) is 3.20. The number of carbonyl (C=O) groups excluding carboxylic acids is 2. The van der Waals surface area contributed by atoms with E-state index < -0.39 is 0 Å². The number of hydrogen-bond acceptors (Lipinski definition) is 4. The number of aryl methyl sites for hydroxylation is 2. The first-order valence-electron chi connectivity index (χ1n) is 9.20. The molecule has 7 nitrogen and oxygen atoms in total. The van der Waals surface area contributed by atoms with Crippen LogP contribution in [0.15, 0.2) is 36.5 Å². The highest BCUT2D eigenvalue weighted by atomic mass is 16.2. The van der Waals surface area contributed by atoms with Crippen molar-refractivity contribution in [2.24, 2.45) is 0 Å². The van der Waals surface area contributed by atoms with Crippen molar-refractivity contribution in [1.82, 2.24) is 25.5 Å². The SMILES string of the molecule is Cc1nccc(CNC(=O)N2CCC(NC(=O)c3ccccc3C)CC2)n1. The van der Waals surface area contributed by atoms with Crippen molar-refractivity contribution in [1.29, 1.82) is 0 Å². The van der Waals surface area contributed by atoms with E-state index in [4.69, 9.17) is 0 Å². The smallest absolute Gasteiger partial charge is 0.317 e. The fraction of sp³-hybridized carbons (Fsp3) is 0.400. The highest BCUT2D eigenvalue weighted by molar-refractivity contribution is 5.95. The van der Waals surface area contributed by atoms with Crippen LogP contribution in [0, 0.1) is 13.8 Å². The number of benzene rings is 1. The van der Waals surface area contributed by atoms with Gasteiger partial charge < -0.3 is 15.5 Å². The molecule has 0 atom stereocenters. The molecule has 2 heterocycles. The Bertz CT molecular complexity index is 816. The quantitative estimate of drug-likeness (QED) is 0.867. The van der Waals surface area contributed by atoms with E-state index >= 15 is 0 Å². The van der Waals surface area contributed by atoms with E-state index in [1.165, 1.54) is 0 Å². The Labute approximate surface area is 159 Å². The van der Waals surface area contributed by atoms with Gasteiger partial charge in [-0.05, 0) is 44.4 Å². The normalized spacial score (nSPS) is 14.7. The summed E-state index contributed by atoms with van der Waals surface area (Å²) >= 11 is 0. The van der Waals surface area contributed by atoms with Crippen LogP contribution in [0.25, 0.3) is 0 Å². The van der Waals surface area contributed by atoms with E-state index in [0.717, 1.165) is 24.1 Å². The predicted octanol–water partition coefficient (Wildman–Crippen LogP) is 2.20. The number of rotatable bonds is 4. The van der Waals surface area contributed by atoms with Crippen LogP contribution < -0.4 is 10.6 Å². The van der Waals surface area contributed by atoms with Gasteiger partial charge in [0.15, 0.2) is 0 Å². The van der Waals surface area contributed by atoms with E-state index in [0.29, 0.717) is 31.0 Å². The van der Waals surface area contributed by atoms with Crippen molar-refractivity contribution in [2.45, 2.75) is 39.3 Å². The second kappa shape index (κ2) is 8.62. The molecule has 142 valence electrons. The first-order chi connectivity index (χ1) is 13.0. The predicted molar refractivity (Wildman–Crippen MR) is 102 cm³/mol. The van der Waals surface area contributed by atoms with Crippen LogP contribution in [0.4, 0.5) is 4.79 Å². The second-order valence-corrected chi connectivity index (χ2v) is 6.80. The first-order valence-corrected chi connectivity index (χ1v) is 9.20. The molecule has 0 radical (unpaired) electrons. The van der Waals surface area contributed by atoms with Crippen molar-refractivity contribution >= 4 is 11.9 Å². The van der Waals surface area contributed by atoms with Gasteiger partial charge in [0.1, 0.15) is 5.82 Å². The Morgan fingerprint density at radius 2 is 1.89 bits per heavy atom. The van der Waals surface area contributed by atoms with Crippen LogP contribution in [0.2, 0.25) is 0 Å². The Balaban J connectivity index is 1.45. The third kappa shape index (κ3) is 5.03. The molecule has 0 unspecified atom stereocenters. The van der Waals surface area contributed by atoms with Gasteiger partial charge in [0.05, 0.1) is 12.2 Å². The summed E-state index contributed by atoms with van der Waals surface area (Å²) in [6, 6.07) is 9.34. The highest BCUT2D eigenvalue weighted by Crippen LogP contribution is 2.13. The summed E-state index contributed by atoms with van der Waals surface area (Å²) < 4.78 is 0. The second-order valence-electron chi connectivity index (χ2n) is 6.80. The van der Waals surface area contributed by atoms with Gasteiger partial charge in [0, 0.05) is 30.9 Å². The average molecular weight is 367 g/mol. The zero-order valence-electron chi connectivity index (χ0n) is 15.7. The van der Waals surface area contributed by atoms with Gasteiger partial charge in [-0.3, -0.25) is 4.79 Å². The van der Waals surface area contributed by atoms with Crippen molar-refractivity contribution < 1.29 is 9.59 Å². The minimum atomic E-state index is -0.102. The molecule has 27 heavy (non-hydrogen) atoms. The number of amides is 3. The molecule has 1 aromatic heterocycles. The third-order valence-electron chi connectivity index (χ3n) is 4.76. The standard InChI is InChI=1S/C20H25N5O2/c1-14-5-3-4-6-18(14)19(26)24-16-8-11-25(12-9-16)20(27)22-13-17-7-10-21-15(2)23-17/h3-7,10,16H,8-9,11-13H2,1-2H3,(H,22,27)(H,24,26). The summed E-state index contributed by atoms with van der Waals surface area (Å²) in [7, 11) is 0. The fourth-order valence-corrected chi connectivity index (χ4v) is 3.20. The molecule has 1 aliphatic heterocycles. The Morgan fingerprint density at radius 1 is 1.15 bits per heavy atom. The van der Waals surface area contributed by atoms with Crippen LogP contribution in [0.3, 0.4) is 0 Å². The lowest BCUT2D eigenvalue weighted by Crippen LogP contribution is -2.49. The molecule has 1 aliphatic rings. The summed E-state index contributed by atoms with van der Waals surface area (Å²) in [6.07, 6.45) is 3.18. The number of hydrogen-bond donors (Lipinski definition) is 2. The van der Waals surface area contributed by atoms with E-state index in [9.17, 15) is 9.59 Å². The van der Waals surface area contributed by atoms with Crippen molar-refractivity contribution in [3.05, 3.63) is 59.2 Å². The largest absolute Gasteiger partial charge is 0.349 e. The highest BCUT2D eigenvalue weighted by Gasteiger charge is 2.24. The van der Waals surface area contributed by atoms with Crippen LogP contribution in [0.1, 0.15) is 40.3 Å². The minimum absolute atomic E-state index is 0.0462. The maximum Gasteiger partial charge on any atom is 0.317 e. The molecule has 1 aromatic carbocycles. The van der Waals surface area contributed by atoms with Crippen LogP contribution in [-0.2, 0) is 6.54 Å². The van der Waals surface area contributed by atoms with Gasteiger partial charge >= 0.3 is 6.03 Å². The number of likely N-dealkylation sites (tertiary alicyclic amines) is 1. The lowest BCUT2D eigenvalue weighted by atomic mass is 10.0. The van der Waals surface area contributed by atoms with E-state index in [-0.39, 0.29) is 18.0 Å². The van der Waals surface area contributed by atoms with Crippen molar-refractivity contribution in [2.75, 3.05) is 13.1 Å². The van der Waals surface area contributed by atoms with E-state index in [2.05, 4.69) is 20.6 Å². The van der Waals surface area contributed by atoms with E-state index in [1.54, 1.807) is 17.2 Å². The summed E-state index contributed by atoms with van der Waals surface area (Å²) in [5.41, 5.74) is 2.46. The number of aromatic nitrogens is 2. The number of urea groups is 1. The van der Waals surface area contributed by atoms with Gasteiger partial charge in [0.2, 0.25) is 0 Å². The van der Waals surface area contributed by atoms with Crippen LogP contribution in [0.5, 0.6) is 0 Å². The van der Waals surface area contributed by atoms with Crippen LogP contribution >= 0.6 is 0 Å². The van der Waals surface area contributed by atoms with Gasteiger partial charge in [0.25, 0.3) is 5.91 Å². The molecule has 0 spiro atoms. The third-order valence-corrected chi connectivity index (χ3v) is 4.76. The Morgan fingerprint density at radius 3 is 2.59 bits per heavy atom. The molecule has 1 fully saturated rings. The van der Waals surface area contributed by atoms with Gasteiger partial charge in [-0.2, -0.15) is 0 Å². The number of carbonyl (C=O) groups is 2. The molecule has 3 amide bonds. The molecular formula is C20H25N5O2. The maximum atomic E-state index is 12.4. The first kappa shape index (κ1) is 18.8. The van der Waals surface area contributed by atoms with Crippen molar-refractivity contribution in [3.8, 4) is 0 Å². The average Bonchev–Trinajstić information content (AvgIpc) is 2.67. The molecular weight excluding hydrogens is 342 g/mol. The lowest BCUT2D eigenvalue weighted by Gasteiger charge is -2.32. The topological polar surface area (TPSA) is 87.2 Å². The number of piperidine rings is 1. The summed E-state index contributed by atoms with van der Waals surface area (Å²) in [5.74, 6) is 0.641. The molecule has 0 aliphatic carbocycles. The zero-order chi connectivity index (χ0) is 19.2. The molecule has 2 aromatic rings. The van der Waals surface area contributed by atoms with E-state index in [1.807, 2.05) is 38.1 Å². The zero-order valence-corrected chi connectivity index (χ0v) is 15.7. The Hall–Kier alpha value is -2.96. The molecule has 1 saturated heterocycles.